The molecule has 1 aliphatic carbocycles. The van der Waals surface area contributed by atoms with Crippen LogP contribution in [-0.2, 0) is 9.53 Å². The molecule has 1 amide bonds. The zero-order valence-electron chi connectivity index (χ0n) is 19.6. The summed E-state index contributed by atoms with van der Waals surface area (Å²) in [5, 5.41) is 22.1. The molecule has 35 heavy (non-hydrogen) atoms. The number of halogens is 1. The summed E-state index contributed by atoms with van der Waals surface area (Å²) in [4.78, 5) is 15.2. The van der Waals surface area contributed by atoms with Crippen molar-refractivity contribution in [2.24, 2.45) is 0 Å². The molecule has 3 heterocycles. The number of morpholine rings is 1. The van der Waals surface area contributed by atoms with Gasteiger partial charge in [-0.25, -0.2) is 4.39 Å². The lowest BCUT2D eigenvalue weighted by molar-refractivity contribution is -0.113. The Kier molecular flexibility index (Phi) is 6.49. The number of nitrogens with zero attached hydrogens (tertiary/aromatic N) is 6. The maximum atomic E-state index is 13.9. The summed E-state index contributed by atoms with van der Waals surface area (Å²) in [5.41, 5.74) is 2.40. The number of rotatable bonds is 7. The maximum Gasteiger partial charge on any atom is 0.236 e. The van der Waals surface area contributed by atoms with Gasteiger partial charge < -0.3 is 15.0 Å². The van der Waals surface area contributed by atoms with Crippen molar-refractivity contribution in [3.63, 3.8) is 0 Å². The third kappa shape index (κ3) is 4.63. The molecule has 1 saturated carbocycles. The van der Waals surface area contributed by atoms with Gasteiger partial charge in [0.1, 0.15) is 17.7 Å². The largest absolute Gasteiger partial charge is 0.378 e. The predicted molar refractivity (Wildman–Crippen MR) is 131 cm³/mol. The number of hydrogen-bond donors (Lipinski definition) is 1. The molecule has 182 valence electrons. The van der Waals surface area contributed by atoms with Crippen molar-refractivity contribution in [1.82, 2.24) is 19.3 Å². The number of anilines is 2. The van der Waals surface area contributed by atoms with Crippen LogP contribution in [0.25, 0.3) is 5.69 Å². The molecule has 3 aromatic rings. The molecule has 0 radical (unpaired) electrons. The lowest BCUT2D eigenvalue weighted by Crippen LogP contribution is -2.38. The Morgan fingerprint density at radius 3 is 2.74 bits per heavy atom. The number of amides is 1. The topological polar surface area (TPSA) is 101 Å². The lowest BCUT2D eigenvalue weighted by Gasteiger charge is -2.27. The van der Waals surface area contributed by atoms with E-state index in [2.05, 4.69) is 31.1 Å². The fourth-order valence-electron chi connectivity index (χ4n) is 4.30. The summed E-state index contributed by atoms with van der Waals surface area (Å²) in [6.45, 7) is 6.52. The van der Waals surface area contributed by atoms with Gasteiger partial charge in [0.15, 0.2) is 5.16 Å². The average molecular weight is 496 g/mol. The zero-order chi connectivity index (χ0) is 24.5. The van der Waals surface area contributed by atoms with Crippen LogP contribution in [0.15, 0.2) is 29.4 Å². The van der Waals surface area contributed by atoms with Crippen molar-refractivity contribution in [2.45, 2.75) is 37.9 Å². The second-order valence-electron chi connectivity index (χ2n) is 8.68. The second-order valence-corrected chi connectivity index (χ2v) is 9.62. The Morgan fingerprint density at radius 2 is 2.06 bits per heavy atom. The molecule has 0 atom stereocenters. The van der Waals surface area contributed by atoms with Crippen LogP contribution in [0.3, 0.4) is 0 Å². The van der Waals surface area contributed by atoms with Crippen molar-refractivity contribution in [2.75, 3.05) is 42.3 Å². The minimum Gasteiger partial charge on any atom is -0.378 e. The number of hydrogen-bond acceptors (Lipinski definition) is 7. The Hall–Kier alpha value is -3.36. The Morgan fingerprint density at radius 1 is 1.29 bits per heavy atom. The highest BCUT2D eigenvalue weighted by atomic mass is 32.2. The Balaban J connectivity index is 1.36. The highest BCUT2D eigenvalue weighted by molar-refractivity contribution is 7.99. The van der Waals surface area contributed by atoms with Crippen LogP contribution in [0.1, 0.15) is 35.7 Å². The third-order valence-corrected chi connectivity index (χ3v) is 7.28. The van der Waals surface area contributed by atoms with Crippen LogP contribution >= 0.6 is 11.8 Å². The molecule has 1 aromatic carbocycles. The highest BCUT2D eigenvalue weighted by Gasteiger charge is 2.32. The van der Waals surface area contributed by atoms with Gasteiger partial charge in [0.2, 0.25) is 11.9 Å². The third-order valence-electron chi connectivity index (χ3n) is 6.33. The highest BCUT2D eigenvalue weighted by Crippen LogP contribution is 2.41. The van der Waals surface area contributed by atoms with Crippen LogP contribution < -0.4 is 10.2 Å². The fourth-order valence-corrected chi connectivity index (χ4v) is 5.10. The smallest absolute Gasteiger partial charge is 0.236 e. The molecule has 1 N–H and O–H groups in total. The predicted octanol–water partition coefficient (Wildman–Crippen LogP) is 3.60. The Labute approximate surface area is 206 Å². The zero-order valence-corrected chi connectivity index (χ0v) is 20.4. The van der Waals surface area contributed by atoms with E-state index in [1.54, 1.807) is 16.7 Å². The molecule has 1 saturated heterocycles. The van der Waals surface area contributed by atoms with E-state index in [0.717, 1.165) is 43.1 Å². The van der Waals surface area contributed by atoms with E-state index in [0.29, 0.717) is 41.5 Å². The molecule has 0 unspecified atom stereocenters. The van der Waals surface area contributed by atoms with Crippen molar-refractivity contribution in [3.05, 3.63) is 46.9 Å². The van der Waals surface area contributed by atoms with Crippen molar-refractivity contribution in [1.29, 1.82) is 5.26 Å². The molecule has 9 nitrogen and oxygen atoms in total. The summed E-state index contributed by atoms with van der Waals surface area (Å²) in [7, 11) is 0. The normalized spacial score (nSPS) is 15.8. The first-order chi connectivity index (χ1) is 17.0. The maximum absolute atomic E-state index is 13.9. The van der Waals surface area contributed by atoms with Gasteiger partial charge in [-0.05, 0) is 50.5 Å². The number of carbonyl (C=O) groups excluding carboxylic acids is 1. The summed E-state index contributed by atoms with van der Waals surface area (Å²) in [6, 6.07) is 8.62. The molecule has 2 aliphatic rings. The molecule has 5 rings (SSSR count). The van der Waals surface area contributed by atoms with Crippen molar-refractivity contribution >= 4 is 29.4 Å². The SMILES string of the molecule is Cc1c(C#N)c(NC(=O)CSc2nnc(N3CCOCC3)n2C2CC2)n(-c2cccc(F)c2)c1C. The number of carbonyl (C=O) groups is 1. The number of thioether (sulfide) groups is 1. The van der Waals surface area contributed by atoms with Crippen LogP contribution in [-0.4, -0.2) is 57.3 Å². The first-order valence-electron chi connectivity index (χ1n) is 11.6. The quantitative estimate of drug-likeness (QED) is 0.500. The summed E-state index contributed by atoms with van der Waals surface area (Å²) < 4.78 is 23.2. The minimum absolute atomic E-state index is 0.102. The van der Waals surface area contributed by atoms with Gasteiger partial charge in [0, 0.05) is 24.8 Å². The monoisotopic (exact) mass is 495 g/mol. The van der Waals surface area contributed by atoms with E-state index in [1.165, 1.54) is 23.9 Å². The average Bonchev–Trinajstić information content (AvgIpc) is 3.56. The minimum atomic E-state index is -0.393. The van der Waals surface area contributed by atoms with Crippen LogP contribution in [0.5, 0.6) is 0 Å². The van der Waals surface area contributed by atoms with Gasteiger partial charge in [-0.1, -0.05) is 17.8 Å². The van der Waals surface area contributed by atoms with Crippen molar-refractivity contribution in [3.8, 4) is 11.8 Å². The van der Waals surface area contributed by atoms with E-state index in [1.807, 2.05) is 13.8 Å². The lowest BCUT2D eigenvalue weighted by atomic mass is 10.2. The van der Waals surface area contributed by atoms with Gasteiger partial charge in [-0.3, -0.25) is 13.9 Å². The molecular weight excluding hydrogens is 469 g/mol. The number of nitriles is 1. The van der Waals surface area contributed by atoms with Gasteiger partial charge in [0.25, 0.3) is 0 Å². The second kappa shape index (κ2) is 9.71. The van der Waals surface area contributed by atoms with Crippen LogP contribution in [0.2, 0.25) is 0 Å². The number of nitrogens with one attached hydrogen (secondary N) is 1. The first-order valence-corrected chi connectivity index (χ1v) is 12.5. The number of aromatic nitrogens is 4. The van der Waals surface area contributed by atoms with Crippen LogP contribution in [0, 0.1) is 31.0 Å². The van der Waals surface area contributed by atoms with Crippen LogP contribution in [0.4, 0.5) is 16.2 Å². The molecular formula is C24H26FN7O2S. The molecule has 1 aliphatic heterocycles. The van der Waals surface area contributed by atoms with Gasteiger partial charge in [0.05, 0.1) is 30.2 Å². The van der Waals surface area contributed by atoms with Crippen molar-refractivity contribution < 1.29 is 13.9 Å². The summed E-state index contributed by atoms with van der Waals surface area (Å²) in [6.07, 6.45) is 2.14. The summed E-state index contributed by atoms with van der Waals surface area (Å²) in [5.74, 6) is 0.605. The first kappa shape index (κ1) is 23.4. The van der Waals surface area contributed by atoms with E-state index in [9.17, 15) is 14.4 Å². The van der Waals surface area contributed by atoms with E-state index in [4.69, 9.17) is 4.74 Å². The van der Waals surface area contributed by atoms with E-state index in [-0.39, 0.29) is 11.7 Å². The number of ether oxygens (including phenoxy) is 1. The van der Waals surface area contributed by atoms with E-state index < -0.39 is 5.82 Å². The summed E-state index contributed by atoms with van der Waals surface area (Å²) >= 11 is 1.32. The molecule has 2 aromatic heterocycles. The molecule has 0 bridgehead atoms. The number of benzene rings is 1. The Bertz CT molecular complexity index is 1300. The van der Waals surface area contributed by atoms with E-state index >= 15 is 0 Å². The molecule has 0 spiro atoms. The van der Waals surface area contributed by atoms with Gasteiger partial charge >= 0.3 is 0 Å². The fraction of sp³-hybridized carbons (Fsp3) is 0.417. The standard InChI is InChI=1S/C24H26FN7O2S/c1-15-16(2)31(19-5-3-4-17(25)12-19)22(20(15)13-26)27-21(33)14-35-24-29-28-23(32(24)18-6-7-18)30-8-10-34-11-9-30/h3-5,12,18H,6-11,14H2,1-2H3,(H,27,33). The molecule has 2 fully saturated rings. The van der Waals surface area contributed by atoms with Gasteiger partial charge in [-0.2, -0.15) is 5.26 Å². The molecule has 11 heteroatoms. The van der Waals surface area contributed by atoms with Gasteiger partial charge in [-0.15, -0.1) is 10.2 Å².